The highest BCUT2D eigenvalue weighted by atomic mass is 16.5. The Morgan fingerprint density at radius 1 is 1.08 bits per heavy atom. The van der Waals surface area contributed by atoms with E-state index in [0.717, 1.165) is 4.57 Å². The lowest BCUT2D eigenvalue weighted by Gasteiger charge is -2.18. The van der Waals surface area contributed by atoms with Crippen LogP contribution in [0.3, 0.4) is 0 Å². The normalized spacial score (nSPS) is 11.4. The maximum Gasteiger partial charge on any atom is 0.330 e. The lowest BCUT2D eigenvalue weighted by Crippen LogP contribution is -2.44. The third-order valence-corrected chi connectivity index (χ3v) is 4.76. The van der Waals surface area contributed by atoms with Crippen LogP contribution in [0.5, 0.6) is 0 Å². The molecule has 4 N–H and O–H groups in total. The first-order chi connectivity index (χ1) is 17.2. The summed E-state index contributed by atoms with van der Waals surface area (Å²) < 4.78 is 5.52. The molecule has 1 heterocycles. The number of esters is 1. The lowest BCUT2D eigenvalue weighted by molar-refractivity contribution is -0.138. The Morgan fingerprint density at radius 3 is 2.47 bits per heavy atom. The van der Waals surface area contributed by atoms with Gasteiger partial charge in [0.25, 0.3) is 11.5 Å². The van der Waals surface area contributed by atoms with E-state index in [0.29, 0.717) is 5.56 Å². The molecule has 3 amide bonds. The number of benzene rings is 1. The van der Waals surface area contributed by atoms with E-state index in [2.05, 4.69) is 20.7 Å². The predicted octanol–water partition coefficient (Wildman–Crippen LogP) is 0.296. The maximum absolute atomic E-state index is 13.0. The lowest BCUT2D eigenvalue weighted by atomic mass is 10.1. The summed E-state index contributed by atoms with van der Waals surface area (Å²) in [6, 6.07) is 9.92. The summed E-state index contributed by atoms with van der Waals surface area (Å²) in [5.41, 5.74) is -0.512. The van der Waals surface area contributed by atoms with Crippen LogP contribution >= 0.6 is 0 Å². The number of anilines is 1. The Balaban J connectivity index is 2.16. The Morgan fingerprint density at radius 2 is 1.81 bits per heavy atom. The second kappa shape index (κ2) is 13.8. The topological polar surface area (TPSA) is 173 Å². The van der Waals surface area contributed by atoms with Crippen molar-refractivity contribution in [2.75, 3.05) is 19.0 Å². The number of nitrogens with zero attached hydrogens (tertiary/aromatic N) is 1. The van der Waals surface area contributed by atoms with Gasteiger partial charge in [-0.3, -0.25) is 24.0 Å². The van der Waals surface area contributed by atoms with Gasteiger partial charge in [-0.1, -0.05) is 24.3 Å². The number of rotatable bonds is 12. The minimum atomic E-state index is -1.23. The van der Waals surface area contributed by atoms with Crippen molar-refractivity contribution in [3.8, 4) is 0 Å². The number of amides is 3. The Bertz CT molecular complexity index is 1190. The molecule has 0 aliphatic heterocycles. The first-order valence-electron chi connectivity index (χ1n) is 10.8. The molecule has 0 spiro atoms. The molecule has 0 saturated heterocycles. The summed E-state index contributed by atoms with van der Waals surface area (Å²) in [7, 11) is 1.23. The largest absolute Gasteiger partial charge is 0.480 e. The number of hydrogen-bond donors (Lipinski definition) is 4. The molecule has 1 aromatic carbocycles. The minimum Gasteiger partial charge on any atom is -0.480 e. The van der Waals surface area contributed by atoms with Crippen molar-refractivity contribution in [2.45, 2.75) is 25.4 Å². The van der Waals surface area contributed by atoms with Gasteiger partial charge in [0, 0.05) is 17.8 Å². The van der Waals surface area contributed by atoms with Crippen LogP contribution in [0.2, 0.25) is 0 Å². The van der Waals surface area contributed by atoms with Crippen molar-refractivity contribution < 1.29 is 33.8 Å². The van der Waals surface area contributed by atoms with Crippen LogP contribution in [0.4, 0.5) is 5.69 Å². The molecule has 0 fully saturated rings. The maximum atomic E-state index is 13.0. The number of allylic oxidation sites excluding steroid dienone is 1. The molecule has 2 rings (SSSR count). The second-order valence-corrected chi connectivity index (χ2v) is 7.41. The Kier molecular flexibility index (Phi) is 10.6. The van der Waals surface area contributed by atoms with Gasteiger partial charge in [0.05, 0.1) is 7.11 Å². The van der Waals surface area contributed by atoms with Gasteiger partial charge in [-0.15, -0.1) is 0 Å². The van der Waals surface area contributed by atoms with Gasteiger partial charge in [0.1, 0.15) is 24.8 Å². The number of pyridine rings is 1. The van der Waals surface area contributed by atoms with Crippen LogP contribution in [-0.2, 0) is 30.5 Å². The smallest absolute Gasteiger partial charge is 0.330 e. The van der Waals surface area contributed by atoms with Crippen molar-refractivity contribution in [1.29, 1.82) is 0 Å². The van der Waals surface area contributed by atoms with Crippen molar-refractivity contribution in [2.24, 2.45) is 0 Å². The number of ether oxygens (including phenoxy) is 1. The molecular formula is C24H26N4O8. The van der Waals surface area contributed by atoms with Crippen LogP contribution in [-0.4, -0.2) is 59.0 Å². The van der Waals surface area contributed by atoms with Gasteiger partial charge < -0.3 is 30.4 Å². The monoisotopic (exact) mass is 498 g/mol. The second-order valence-electron chi connectivity index (χ2n) is 7.41. The first kappa shape index (κ1) is 27.5. The highest BCUT2D eigenvalue weighted by Crippen LogP contribution is 2.07. The van der Waals surface area contributed by atoms with E-state index >= 15 is 0 Å². The summed E-state index contributed by atoms with van der Waals surface area (Å²) in [6.07, 6.45) is 4.34. The zero-order chi connectivity index (χ0) is 26.5. The standard InChI is InChI=1S/C24H26N4O8/c1-36-21(32)12-6-5-10-17(26-22(33)16-8-3-2-4-9-16)23(34)27-18-11-7-13-28(24(18)35)15-19(29)25-14-20(30)31/h2-4,6-9,11-13,17H,5,10,14-15H2,1H3,(H,25,29)(H,26,33)(H,27,34)(H,30,31)/b12-6+/t17-/m0/s1. The van der Waals surface area contributed by atoms with Crippen LogP contribution in [0.15, 0.2) is 65.6 Å². The number of nitrogens with one attached hydrogen (secondary N) is 3. The van der Waals surface area contributed by atoms with Gasteiger partial charge in [-0.25, -0.2) is 4.79 Å². The molecule has 0 bridgehead atoms. The quantitative estimate of drug-likeness (QED) is 0.239. The minimum absolute atomic E-state index is 0.108. The predicted molar refractivity (Wildman–Crippen MR) is 128 cm³/mol. The summed E-state index contributed by atoms with van der Waals surface area (Å²) in [5.74, 6) is -3.69. The fraction of sp³-hybridized carbons (Fsp3) is 0.250. The molecule has 0 saturated carbocycles. The number of carbonyl (C=O) groups excluding carboxylic acids is 4. The highest BCUT2D eigenvalue weighted by molar-refractivity contribution is 6.01. The number of hydrogen-bond acceptors (Lipinski definition) is 7. The van der Waals surface area contributed by atoms with E-state index in [-0.39, 0.29) is 18.5 Å². The molecule has 2 aromatic rings. The van der Waals surface area contributed by atoms with E-state index in [1.165, 1.54) is 37.6 Å². The van der Waals surface area contributed by atoms with E-state index < -0.39 is 54.4 Å². The van der Waals surface area contributed by atoms with Gasteiger partial charge >= 0.3 is 11.9 Å². The van der Waals surface area contributed by atoms with E-state index in [1.54, 1.807) is 30.3 Å². The molecule has 0 unspecified atom stereocenters. The van der Waals surface area contributed by atoms with E-state index in [9.17, 15) is 28.8 Å². The summed E-state index contributed by atoms with van der Waals surface area (Å²) in [4.78, 5) is 72.0. The molecule has 190 valence electrons. The molecule has 1 atom stereocenters. The van der Waals surface area contributed by atoms with Gasteiger partial charge in [-0.05, 0) is 37.1 Å². The van der Waals surface area contributed by atoms with Crippen LogP contribution < -0.4 is 21.5 Å². The van der Waals surface area contributed by atoms with Crippen LogP contribution in [0.1, 0.15) is 23.2 Å². The van der Waals surface area contributed by atoms with Crippen molar-refractivity contribution >= 4 is 35.3 Å². The third-order valence-electron chi connectivity index (χ3n) is 4.76. The fourth-order valence-electron chi connectivity index (χ4n) is 2.97. The molecule has 0 aliphatic carbocycles. The number of carboxylic acids is 1. The molecule has 12 nitrogen and oxygen atoms in total. The third kappa shape index (κ3) is 8.89. The summed E-state index contributed by atoms with van der Waals surface area (Å²) in [6.45, 7) is -1.06. The molecule has 1 aromatic heterocycles. The molecule has 0 radical (unpaired) electrons. The van der Waals surface area contributed by atoms with Crippen molar-refractivity contribution in [3.63, 3.8) is 0 Å². The van der Waals surface area contributed by atoms with E-state index in [1.807, 2.05) is 0 Å². The van der Waals surface area contributed by atoms with E-state index in [4.69, 9.17) is 5.11 Å². The highest BCUT2D eigenvalue weighted by Gasteiger charge is 2.22. The summed E-state index contributed by atoms with van der Waals surface area (Å²) >= 11 is 0. The van der Waals surface area contributed by atoms with Crippen LogP contribution in [0, 0.1) is 0 Å². The zero-order valence-corrected chi connectivity index (χ0v) is 19.4. The van der Waals surface area contributed by atoms with Crippen LogP contribution in [0.25, 0.3) is 0 Å². The Hall–Kier alpha value is -4.74. The molecular weight excluding hydrogens is 472 g/mol. The SMILES string of the molecule is COC(=O)/C=C/CC[C@H](NC(=O)c1ccccc1)C(=O)Nc1cccn(CC(=O)NCC(=O)O)c1=O. The van der Waals surface area contributed by atoms with Gasteiger partial charge in [-0.2, -0.15) is 0 Å². The average molecular weight is 498 g/mol. The van der Waals surface area contributed by atoms with Crippen molar-refractivity contribution in [3.05, 3.63) is 76.7 Å². The molecule has 36 heavy (non-hydrogen) atoms. The number of methoxy groups -OCH3 is 1. The first-order valence-corrected chi connectivity index (χ1v) is 10.8. The number of carboxylic acid groups (broad SMARTS) is 1. The average Bonchev–Trinajstić information content (AvgIpc) is 2.87. The number of aliphatic carboxylic acids is 1. The summed E-state index contributed by atoms with van der Waals surface area (Å²) in [5, 5.41) is 15.9. The number of carbonyl (C=O) groups is 5. The van der Waals surface area contributed by atoms with Crippen molar-refractivity contribution in [1.82, 2.24) is 15.2 Å². The molecule has 0 aliphatic rings. The zero-order valence-electron chi connectivity index (χ0n) is 19.4. The van der Waals surface area contributed by atoms with Gasteiger partial charge in [0.15, 0.2) is 0 Å². The molecule has 12 heteroatoms. The fourth-order valence-corrected chi connectivity index (χ4v) is 2.97. The Labute approximate surface area is 205 Å². The van der Waals surface area contributed by atoms with Gasteiger partial charge in [0.2, 0.25) is 11.8 Å². The number of aromatic nitrogens is 1.